The zero-order valence-corrected chi connectivity index (χ0v) is 16.8. The number of rotatable bonds is 7. The van der Waals surface area contributed by atoms with E-state index in [1.165, 1.54) is 19.3 Å². The van der Waals surface area contributed by atoms with Crippen LogP contribution in [0.4, 0.5) is 0 Å². The number of unbranched alkanes of at least 4 members (excludes halogenated alkanes) is 2. The summed E-state index contributed by atoms with van der Waals surface area (Å²) in [5.74, 6) is -4.08. The second-order valence-corrected chi connectivity index (χ2v) is 4.99. The number of hydrogen-bond donors (Lipinski definition) is 2. The van der Waals surface area contributed by atoms with Gasteiger partial charge in [0.2, 0.25) is 0 Å². The maximum atomic E-state index is 10.2. The van der Waals surface area contributed by atoms with E-state index in [2.05, 4.69) is 6.92 Å². The molecule has 3 N–H and O–H groups in total. The van der Waals surface area contributed by atoms with Crippen LogP contribution in [0.2, 0.25) is 0 Å². The van der Waals surface area contributed by atoms with Crippen LogP contribution in [0.25, 0.3) is 0 Å². The molecule has 108 valence electrons. The molecule has 11 heteroatoms. The van der Waals surface area contributed by atoms with E-state index in [0.29, 0.717) is 0 Å². The molecule has 0 spiro atoms. The molecule has 0 aromatic carbocycles. The fourth-order valence-electron chi connectivity index (χ4n) is 0.856. The smallest absolute Gasteiger partial charge is 0.550 e. The van der Waals surface area contributed by atoms with Crippen molar-refractivity contribution in [3.63, 3.8) is 0 Å². The minimum atomic E-state index is -4.94. The van der Waals surface area contributed by atoms with Crippen molar-refractivity contribution in [3.05, 3.63) is 0 Å². The van der Waals surface area contributed by atoms with Crippen LogP contribution < -0.4 is 75.1 Å². The number of carbonyl (C=O) groups excluding carboxylic acids is 2. The third-order valence-electron chi connectivity index (χ3n) is 1.78. The van der Waals surface area contributed by atoms with Crippen molar-refractivity contribution in [1.82, 2.24) is 0 Å². The van der Waals surface area contributed by atoms with Crippen LogP contribution in [0.1, 0.15) is 32.6 Å². The Balaban J connectivity index is -0.000000139. The summed E-state index contributed by atoms with van der Waals surface area (Å²) in [5, 5.41) is 17.3. The van der Waals surface area contributed by atoms with Crippen LogP contribution in [-0.4, -0.2) is 36.7 Å². The van der Waals surface area contributed by atoms with Gasteiger partial charge in [0.1, 0.15) is 5.25 Å². The Morgan fingerprint density at radius 1 is 1.20 bits per heavy atom. The van der Waals surface area contributed by atoms with Crippen LogP contribution in [0, 0.1) is 0 Å². The van der Waals surface area contributed by atoms with Crippen LogP contribution in [-0.2, 0) is 19.7 Å². The molecular weight excluding hydrogens is 312 g/mol. The fraction of sp³-hybridized carbons (Fsp3) is 0.778. The Kier molecular flexibility index (Phi) is 23.4. The minimum absolute atomic E-state index is 0. The van der Waals surface area contributed by atoms with Gasteiger partial charge in [0.05, 0.1) is 5.97 Å². The summed E-state index contributed by atoms with van der Waals surface area (Å²) >= 11 is 0. The maximum absolute atomic E-state index is 10.2. The first kappa shape index (κ1) is 28.9. The molecule has 20 heavy (non-hydrogen) atoms. The number of carbonyl (C=O) groups is 2. The summed E-state index contributed by atoms with van der Waals surface area (Å²) in [6.45, 7) is 3.03. The first-order valence-corrected chi connectivity index (χ1v) is 6.74. The molecule has 0 amide bonds. The molecule has 0 bridgehead atoms. The fourth-order valence-corrected chi connectivity index (χ4v) is 1.45. The van der Waals surface area contributed by atoms with Crippen molar-refractivity contribution in [3.8, 4) is 0 Å². The van der Waals surface area contributed by atoms with E-state index in [0.717, 1.165) is 6.54 Å². The topological polar surface area (TPSA) is 161 Å². The van der Waals surface area contributed by atoms with E-state index in [9.17, 15) is 28.2 Å². The Morgan fingerprint density at radius 2 is 1.65 bits per heavy atom. The summed E-state index contributed by atoms with van der Waals surface area (Å²) in [4.78, 5) is 19.7. The van der Waals surface area contributed by atoms with E-state index in [1.54, 1.807) is 0 Å². The zero-order chi connectivity index (χ0) is 14.8. The molecular formula is C9H17NNa2O7S. The average molecular weight is 329 g/mol. The standard InChI is InChI=1S/C5H13N.C4H6O7S.2Na/c1-2-3-4-5-6;5-3(6)1-2(4(7)8)12(9,10)11;;/h2-6H2,1H3;2H,1H2,(H,5,6)(H,7,8)(H,9,10,11);;/q;;2*+1/p-2. The number of aliphatic carboxylic acids is 2. The van der Waals surface area contributed by atoms with Crippen molar-refractivity contribution < 1.29 is 91.9 Å². The number of carboxylic acid groups (broad SMARTS) is 2. The molecule has 0 aromatic heterocycles. The Bertz CT molecular complexity index is 357. The van der Waals surface area contributed by atoms with Gasteiger partial charge in [0.25, 0.3) is 10.1 Å². The number of hydrogen-bond acceptors (Lipinski definition) is 7. The van der Waals surface area contributed by atoms with E-state index in [1.807, 2.05) is 0 Å². The molecule has 0 aliphatic carbocycles. The van der Waals surface area contributed by atoms with Gasteiger partial charge in [0, 0.05) is 12.4 Å². The van der Waals surface area contributed by atoms with Crippen LogP contribution in [0.15, 0.2) is 0 Å². The van der Waals surface area contributed by atoms with Crippen molar-refractivity contribution in [2.24, 2.45) is 5.73 Å². The summed E-state index contributed by atoms with van der Waals surface area (Å²) < 4.78 is 28.5. The second-order valence-electron chi connectivity index (χ2n) is 3.39. The summed E-state index contributed by atoms with van der Waals surface area (Å²) in [6.07, 6.45) is 2.42. The first-order valence-electron chi connectivity index (χ1n) is 5.23. The molecule has 0 saturated carbocycles. The molecule has 0 rings (SSSR count). The molecule has 0 radical (unpaired) electrons. The van der Waals surface area contributed by atoms with Gasteiger partial charge in [-0.25, -0.2) is 0 Å². The second kappa shape index (κ2) is 16.2. The van der Waals surface area contributed by atoms with Crippen LogP contribution >= 0.6 is 0 Å². The monoisotopic (exact) mass is 329 g/mol. The number of nitrogens with two attached hydrogens (primary N) is 1. The van der Waals surface area contributed by atoms with Crippen molar-refractivity contribution in [2.75, 3.05) is 6.54 Å². The predicted octanol–water partition coefficient (Wildman–Crippen LogP) is -8.72. The Morgan fingerprint density at radius 3 is 1.75 bits per heavy atom. The van der Waals surface area contributed by atoms with Gasteiger partial charge in [0.15, 0.2) is 0 Å². The summed E-state index contributed by atoms with van der Waals surface area (Å²) in [6, 6.07) is 0. The molecule has 0 fully saturated rings. The first-order chi connectivity index (χ1) is 8.16. The van der Waals surface area contributed by atoms with E-state index in [-0.39, 0.29) is 59.1 Å². The number of carboxylic acids is 2. The van der Waals surface area contributed by atoms with Crippen LogP contribution in [0.5, 0.6) is 0 Å². The molecule has 0 saturated heterocycles. The molecule has 0 aliphatic rings. The third kappa shape index (κ3) is 18.8. The average Bonchev–Trinajstić information content (AvgIpc) is 2.21. The van der Waals surface area contributed by atoms with Gasteiger partial charge in [-0.15, -0.1) is 0 Å². The Labute approximate surface area is 162 Å². The molecule has 0 heterocycles. The Hall–Kier alpha value is 0.810. The van der Waals surface area contributed by atoms with Gasteiger partial charge >= 0.3 is 59.1 Å². The van der Waals surface area contributed by atoms with Crippen molar-refractivity contribution in [2.45, 2.75) is 37.9 Å². The maximum Gasteiger partial charge on any atom is 1.00 e. The van der Waals surface area contributed by atoms with Crippen molar-refractivity contribution >= 4 is 22.1 Å². The van der Waals surface area contributed by atoms with Gasteiger partial charge in [-0.3, -0.25) is 4.55 Å². The van der Waals surface area contributed by atoms with Gasteiger partial charge in [-0.1, -0.05) is 19.8 Å². The largest absolute Gasteiger partial charge is 1.00 e. The normalized spacial score (nSPS) is 10.9. The summed E-state index contributed by atoms with van der Waals surface area (Å²) in [7, 11) is -4.94. The quantitative estimate of drug-likeness (QED) is 0.264. The predicted molar refractivity (Wildman–Crippen MR) is 58.5 cm³/mol. The van der Waals surface area contributed by atoms with Gasteiger partial charge < -0.3 is 25.5 Å². The molecule has 0 aromatic rings. The molecule has 0 aliphatic heterocycles. The van der Waals surface area contributed by atoms with Crippen LogP contribution in [0.3, 0.4) is 0 Å². The van der Waals surface area contributed by atoms with Gasteiger partial charge in [-0.2, -0.15) is 8.42 Å². The minimum Gasteiger partial charge on any atom is -0.550 e. The zero-order valence-electron chi connectivity index (χ0n) is 12.0. The third-order valence-corrected chi connectivity index (χ3v) is 2.86. The van der Waals surface area contributed by atoms with Gasteiger partial charge in [-0.05, 0) is 13.0 Å². The van der Waals surface area contributed by atoms with E-state index >= 15 is 0 Å². The SMILES string of the molecule is CCCCCN.O=C([O-])CC(C(=O)[O-])S(=O)(=O)O.[Na+].[Na+]. The van der Waals surface area contributed by atoms with E-state index < -0.39 is 33.7 Å². The van der Waals surface area contributed by atoms with E-state index in [4.69, 9.17) is 10.3 Å². The molecule has 1 unspecified atom stereocenters. The van der Waals surface area contributed by atoms with Crippen molar-refractivity contribution in [1.29, 1.82) is 0 Å². The summed E-state index contributed by atoms with van der Waals surface area (Å²) in [5.41, 5.74) is 5.21. The molecule has 1 atom stereocenters. The molecule has 8 nitrogen and oxygen atoms in total.